The summed E-state index contributed by atoms with van der Waals surface area (Å²) in [6, 6.07) is 13.8. The molecule has 6 heteroatoms. The van der Waals surface area contributed by atoms with Crippen LogP contribution in [0.25, 0.3) is 10.1 Å². The van der Waals surface area contributed by atoms with Gasteiger partial charge < -0.3 is 15.7 Å². The second-order valence-electron chi connectivity index (χ2n) is 5.45. The van der Waals surface area contributed by atoms with Crippen LogP contribution in [0.5, 0.6) is 0 Å². The molecule has 0 aliphatic carbocycles. The number of halogens is 1. The monoisotopic (exact) mass is 344 g/mol. The van der Waals surface area contributed by atoms with Crippen molar-refractivity contribution in [2.45, 2.75) is 13.0 Å². The van der Waals surface area contributed by atoms with Crippen LogP contribution < -0.4 is 10.6 Å². The number of aliphatic hydroxyl groups is 1. The Hall–Kier alpha value is -2.44. The maximum absolute atomic E-state index is 13.5. The van der Waals surface area contributed by atoms with Crippen LogP contribution in [0.3, 0.4) is 0 Å². The zero-order valence-corrected chi connectivity index (χ0v) is 13.9. The second kappa shape index (κ2) is 6.98. The van der Waals surface area contributed by atoms with Gasteiger partial charge in [0.05, 0.1) is 6.54 Å². The smallest absolute Gasteiger partial charge is 0.319 e. The minimum absolute atomic E-state index is 0.0764. The molecule has 3 N–H and O–H groups in total. The molecule has 3 aromatic rings. The number of aliphatic hydroxyl groups excluding tert-OH is 1. The molecule has 1 heterocycles. The molecule has 24 heavy (non-hydrogen) atoms. The van der Waals surface area contributed by atoms with E-state index in [0.717, 1.165) is 15.0 Å². The Balaban J connectivity index is 1.60. The lowest BCUT2D eigenvalue weighted by molar-refractivity contribution is 0.178. The predicted octanol–water partition coefficient (Wildman–Crippen LogP) is 4.20. The summed E-state index contributed by atoms with van der Waals surface area (Å²) in [7, 11) is 0. The quantitative estimate of drug-likeness (QED) is 0.664. The molecular weight excluding hydrogens is 327 g/mol. The van der Waals surface area contributed by atoms with Gasteiger partial charge in [0.15, 0.2) is 0 Å². The third kappa shape index (κ3) is 3.55. The van der Waals surface area contributed by atoms with Gasteiger partial charge in [-0.25, -0.2) is 9.18 Å². The topological polar surface area (TPSA) is 61.4 Å². The highest BCUT2D eigenvalue weighted by Gasteiger charge is 2.13. The number of hydrogen-bond acceptors (Lipinski definition) is 3. The van der Waals surface area contributed by atoms with Gasteiger partial charge in [-0.05, 0) is 36.6 Å². The fourth-order valence-corrected chi connectivity index (χ4v) is 3.42. The van der Waals surface area contributed by atoms with Crippen molar-refractivity contribution < 1.29 is 14.3 Å². The molecule has 2 amide bonds. The van der Waals surface area contributed by atoms with Crippen molar-refractivity contribution in [3.8, 4) is 0 Å². The van der Waals surface area contributed by atoms with E-state index in [2.05, 4.69) is 10.6 Å². The Kier molecular flexibility index (Phi) is 4.78. The summed E-state index contributed by atoms with van der Waals surface area (Å²) < 4.78 is 14.5. The standard InChI is InChI=1S/C18H17FN2O2S/c1-11-13(19)6-4-7-14(11)21-18(23)20-10-15(22)17-9-12-5-2-3-8-16(12)24-17/h2-9,15,22H,10H2,1H3,(H2,20,21,23). The maximum atomic E-state index is 13.5. The second-order valence-corrected chi connectivity index (χ2v) is 6.57. The van der Waals surface area contributed by atoms with E-state index in [1.807, 2.05) is 30.3 Å². The first-order valence-corrected chi connectivity index (χ1v) is 8.33. The minimum atomic E-state index is -0.790. The number of nitrogens with one attached hydrogen (secondary N) is 2. The van der Waals surface area contributed by atoms with Gasteiger partial charge in [-0.15, -0.1) is 11.3 Å². The average Bonchev–Trinajstić information content (AvgIpc) is 3.01. The summed E-state index contributed by atoms with van der Waals surface area (Å²) in [5.74, 6) is -0.377. The molecule has 0 saturated carbocycles. The molecule has 0 aliphatic rings. The van der Waals surface area contributed by atoms with E-state index in [-0.39, 0.29) is 12.4 Å². The van der Waals surface area contributed by atoms with Gasteiger partial charge in [-0.2, -0.15) is 0 Å². The number of hydrogen-bond donors (Lipinski definition) is 3. The highest BCUT2D eigenvalue weighted by atomic mass is 32.1. The zero-order chi connectivity index (χ0) is 17.1. The zero-order valence-electron chi connectivity index (χ0n) is 13.0. The molecule has 1 aromatic heterocycles. The Morgan fingerprint density at radius 2 is 2.04 bits per heavy atom. The molecule has 0 saturated heterocycles. The van der Waals surface area contributed by atoms with Gasteiger partial charge in [0.2, 0.25) is 0 Å². The van der Waals surface area contributed by atoms with Crippen LogP contribution in [0.4, 0.5) is 14.9 Å². The van der Waals surface area contributed by atoms with Crippen molar-refractivity contribution in [2.75, 3.05) is 11.9 Å². The summed E-state index contributed by atoms with van der Waals surface area (Å²) in [5, 5.41) is 16.5. The first-order chi connectivity index (χ1) is 11.5. The van der Waals surface area contributed by atoms with Gasteiger partial charge >= 0.3 is 6.03 Å². The molecule has 0 bridgehead atoms. The average molecular weight is 344 g/mol. The molecular formula is C18H17FN2O2S. The van der Waals surface area contributed by atoms with Crippen LogP contribution in [0.2, 0.25) is 0 Å². The van der Waals surface area contributed by atoms with Crippen molar-refractivity contribution in [3.63, 3.8) is 0 Å². The lowest BCUT2D eigenvalue weighted by Gasteiger charge is -2.12. The van der Waals surface area contributed by atoms with Crippen molar-refractivity contribution in [3.05, 3.63) is 64.8 Å². The number of anilines is 1. The lowest BCUT2D eigenvalue weighted by Crippen LogP contribution is -2.32. The van der Waals surface area contributed by atoms with E-state index in [4.69, 9.17) is 0 Å². The summed E-state index contributed by atoms with van der Waals surface area (Å²) in [6.45, 7) is 1.67. The molecule has 0 fully saturated rings. The highest BCUT2D eigenvalue weighted by Crippen LogP contribution is 2.29. The van der Waals surface area contributed by atoms with Gasteiger partial charge in [0.25, 0.3) is 0 Å². The molecule has 0 radical (unpaired) electrons. The lowest BCUT2D eigenvalue weighted by atomic mass is 10.2. The van der Waals surface area contributed by atoms with E-state index in [1.165, 1.54) is 23.5 Å². The van der Waals surface area contributed by atoms with Crippen LogP contribution in [0.1, 0.15) is 16.5 Å². The van der Waals surface area contributed by atoms with Crippen molar-refractivity contribution >= 4 is 33.1 Å². The van der Waals surface area contributed by atoms with Crippen molar-refractivity contribution in [1.82, 2.24) is 5.32 Å². The molecule has 1 unspecified atom stereocenters. The van der Waals surface area contributed by atoms with E-state index < -0.39 is 12.1 Å². The number of fused-ring (bicyclic) bond motifs is 1. The maximum Gasteiger partial charge on any atom is 0.319 e. The predicted molar refractivity (Wildman–Crippen MR) is 94.9 cm³/mol. The Morgan fingerprint density at radius 3 is 2.83 bits per heavy atom. The van der Waals surface area contributed by atoms with Crippen LogP contribution >= 0.6 is 11.3 Å². The van der Waals surface area contributed by atoms with E-state index in [1.54, 1.807) is 13.0 Å². The largest absolute Gasteiger partial charge is 0.386 e. The number of rotatable bonds is 4. The third-order valence-corrected chi connectivity index (χ3v) is 4.96. The fourth-order valence-electron chi connectivity index (χ4n) is 2.37. The third-order valence-electron chi connectivity index (χ3n) is 3.74. The number of benzene rings is 2. The number of thiophene rings is 1. The molecule has 2 aromatic carbocycles. The summed E-state index contributed by atoms with van der Waals surface area (Å²) in [4.78, 5) is 12.7. The van der Waals surface area contributed by atoms with Crippen molar-refractivity contribution in [2.24, 2.45) is 0 Å². The number of amides is 2. The summed E-state index contributed by atoms with van der Waals surface area (Å²) in [6.07, 6.45) is -0.790. The van der Waals surface area contributed by atoms with Gasteiger partial charge in [0.1, 0.15) is 11.9 Å². The molecule has 0 aliphatic heterocycles. The van der Waals surface area contributed by atoms with Crippen molar-refractivity contribution in [1.29, 1.82) is 0 Å². The van der Waals surface area contributed by atoms with Gasteiger partial charge in [-0.3, -0.25) is 0 Å². The molecule has 0 spiro atoms. The van der Waals surface area contributed by atoms with Crippen LogP contribution in [-0.2, 0) is 0 Å². The molecule has 4 nitrogen and oxygen atoms in total. The minimum Gasteiger partial charge on any atom is -0.386 e. The normalized spacial score (nSPS) is 12.1. The van der Waals surface area contributed by atoms with Crippen LogP contribution in [0, 0.1) is 12.7 Å². The molecule has 3 rings (SSSR count). The Bertz CT molecular complexity index is 845. The highest BCUT2D eigenvalue weighted by molar-refractivity contribution is 7.19. The summed E-state index contributed by atoms with van der Waals surface area (Å²) >= 11 is 1.49. The SMILES string of the molecule is Cc1c(F)cccc1NC(=O)NCC(O)c1cc2ccccc2s1. The van der Waals surface area contributed by atoms with E-state index >= 15 is 0 Å². The van der Waals surface area contributed by atoms with E-state index in [0.29, 0.717) is 11.3 Å². The first kappa shape index (κ1) is 16.4. The molecule has 124 valence electrons. The summed E-state index contributed by atoms with van der Waals surface area (Å²) in [5.41, 5.74) is 0.779. The first-order valence-electron chi connectivity index (χ1n) is 7.51. The van der Waals surface area contributed by atoms with Crippen LogP contribution in [-0.4, -0.2) is 17.7 Å². The Morgan fingerprint density at radius 1 is 1.25 bits per heavy atom. The van der Waals surface area contributed by atoms with E-state index in [9.17, 15) is 14.3 Å². The van der Waals surface area contributed by atoms with Gasteiger partial charge in [0, 0.05) is 20.8 Å². The van der Waals surface area contributed by atoms with Crippen LogP contribution in [0.15, 0.2) is 48.5 Å². The number of urea groups is 1. The Labute approximate surface area is 142 Å². The number of carbonyl (C=O) groups is 1. The number of carbonyl (C=O) groups excluding carboxylic acids is 1. The fraction of sp³-hybridized carbons (Fsp3) is 0.167. The van der Waals surface area contributed by atoms with Gasteiger partial charge in [-0.1, -0.05) is 24.3 Å². The molecule has 1 atom stereocenters.